The summed E-state index contributed by atoms with van der Waals surface area (Å²) in [6.07, 6.45) is 0. The molecule has 6 nitrogen and oxygen atoms in total. The highest BCUT2D eigenvalue weighted by Crippen LogP contribution is 2.47. The normalized spacial score (nSPS) is 12.2. The Hall–Kier alpha value is -3.87. The summed E-state index contributed by atoms with van der Waals surface area (Å²) < 4.78 is 20.7. The van der Waals surface area contributed by atoms with E-state index in [1.54, 1.807) is 50.4 Å². The van der Waals surface area contributed by atoms with Crippen molar-refractivity contribution in [3.8, 4) is 41.8 Å². The van der Waals surface area contributed by atoms with E-state index in [0.29, 0.717) is 38.9 Å². The van der Waals surface area contributed by atoms with E-state index in [4.69, 9.17) is 9.47 Å². The molecule has 0 fully saturated rings. The average Bonchev–Trinajstić information content (AvgIpc) is 4.01. The van der Waals surface area contributed by atoms with Crippen LogP contribution >= 0.6 is 68.0 Å². The second kappa shape index (κ2) is 16.1. The first-order chi connectivity index (χ1) is 28.3. The molecule has 0 unspecified atom stereocenters. The highest BCUT2D eigenvalue weighted by Gasteiger charge is 2.28. The number of fused-ring (bicyclic) bond motifs is 3. The Bertz CT molecular complexity index is 2950. The molecule has 0 aliphatic rings. The molecule has 2 aromatic carbocycles. The molecule has 0 bridgehead atoms. The van der Waals surface area contributed by atoms with Gasteiger partial charge in [-0.2, -0.15) is 0 Å². The summed E-state index contributed by atoms with van der Waals surface area (Å²) in [4.78, 5) is 57.6. The number of esters is 2. The lowest BCUT2D eigenvalue weighted by Crippen LogP contribution is -2.34. The van der Waals surface area contributed by atoms with Crippen LogP contribution in [0.2, 0.25) is 39.3 Å². The second-order valence-electron chi connectivity index (χ2n) is 16.8. The number of carbonyl (C=O) groups excluding carboxylic acids is 4. The van der Waals surface area contributed by atoms with E-state index < -0.39 is 28.1 Å². The van der Waals surface area contributed by atoms with Gasteiger partial charge in [0.05, 0.1) is 40.5 Å². The number of ether oxygens (including phenoxy) is 2. The molecular formula is C46H44O6S6Si2. The SMILES string of the molecule is CCOC(=O)c1cc(-c2cc3sc([Si](C)(C)C)cc3s2)c(C(C)=O)cc1-c1cc2sc(-c3cc(C(=O)OCC)c(-c4cc5sc([Si](C)(C)C)cc5s4)cc3C(C)=O)cc2s1. The van der Waals surface area contributed by atoms with Crippen LogP contribution in [0, 0.1) is 0 Å². The maximum atomic E-state index is 13.7. The zero-order valence-electron chi connectivity index (χ0n) is 35.1. The lowest BCUT2D eigenvalue weighted by Gasteiger charge is -2.14. The van der Waals surface area contributed by atoms with Crippen LogP contribution < -0.4 is 9.00 Å². The fourth-order valence-corrected chi connectivity index (χ4v) is 18.4. The zero-order valence-corrected chi connectivity index (χ0v) is 42.0. The first kappa shape index (κ1) is 42.8. The van der Waals surface area contributed by atoms with E-state index in [-0.39, 0.29) is 24.8 Å². The highest BCUT2D eigenvalue weighted by atomic mass is 32.1. The molecule has 0 radical (unpaired) electrons. The standard InChI is InChI=1S/C46H44O6S6Si2/c1-11-51-45(49)31-16-28(34-19-39-41(55-34)21-43(57-39)59(5,6)7)26(24(4)48)13-29(31)35-18-38-37(54-35)17-33(53-38)27-15-32(46(50)52-12-2)30(14-25(27)23(3)47)36-20-40-42(56-36)22-44(58-40)60(8,9)10/h13-22H,11-12H2,1-10H3. The Morgan fingerprint density at radius 3 is 0.950 bits per heavy atom. The monoisotopic (exact) mass is 940 g/mol. The molecule has 60 heavy (non-hydrogen) atoms. The van der Waals surface area contributed by atoms with Crippen LogP contribution in [0.5, 0.6) is 0 Å². The van der Waals surface area contributed by atoms with E-state index >= 15 is 0 Å². The van der Waals surface area contributed by atoms with Crippen LogP contribution in [0.3, 0.4) is 0 Å². The van der Waals surface area contributed by atoms with Crippen molar-refractivity contribution in [2.45, 2.75) is 67.0 Å². The molecule has 308 valence electrons. The molecule has 8 aromatic rings. The minimum atomic E-state index is -1.48. The van der Waals surface area contributed by atoms with Gasteiger partial charge < -0.3 is 9.47 Å². The number of benzene rings is 2. The van der Waals surface area contributed by atoms with Gasteiger partial charge in [-0.15, -0.1) is 68.0 Å². The maximum Gasteiger partial charge on any atom is 0.338 e. The Balaban J connectivity index is 1.22. The fraction of sp³-hybridized carbons (Fsp3) is 0.261. The van der Waals surface area contributed by atoms with Crippen LogP contribution in [0.4, 0.5) is 0 Å². The highest BCUT2D eigenvalue weighted by molar-refractivity contribution is 7.37. The van der Waals surface area contributed by atoms with Crippen LogP contribution in [-0.2, 0) is 9.47 Å². The van der Waals surface area contributed by atoms with Crippen LogP contribution in [0.1, 0.15) is 69.1 Å². The maximum absolute atomic E-state index is 13.7. The van der Waals surface area contributed by atoms with Gasteiger partial charge in [-0.05, 0) is 97.4 Å². The third-order valence-electron chi connectivity index (χ3n) is 10.2. The van der Waals surface area contributed by atoms with Crippen molar-refractivity contribution in [2.24, 2.45) is 0 Å². The van der Waals surface area contributed by atoms with Gasteiger partial charge >= 0.3 is 11.9 Å². The number of Topliss-reactive ketones (excluding diaryl/α,β-unsaturated/α-hetero) is 2. The Morgan fingerprint density at radius 2 is 0.683 bits per heavy atom. The minimum Gasteiger partial charge on any atom is -0.462 e. The molecule has 0 aliphatic heterocycles. The van der Waals surface area contributed by atoms with Gasteiger partial charge in [-0.25, -0.2) is 9.59 Å². The molecule has 14 heteroatoms. The van der Waals surface area contributed by atoms with E-state index in [9.17, 15) is 19.2 Å². The first-order valence-electron chi connectivity index (χ1n) is 19.7. The summed E-state index contributed by atoms with van der Waals surface area (Å²) in [5.41, 5.74) is 4.65. The lowest BCUT2D eigenvalue weighted by atomic mass is 9.94. The number of hydrogen-bond donors (Lipinski definition) is 0. The van der Waals surface area contributed by atoms with Crippen LogP contribution in [0.15, 0.2) is 60.7 Å². The van der Waals surface area contributed by atoms with Gasteiger partial charge in [-0.3, -0.25) is 9.59 Å². The number of ketones is 2. The Morgan fingerprint density at radius 1 is 0.417 bits per heavy atom. The summed E-state index contributed by atoms with van der Waals surface area (Å²) in [6, 6.07) is 20.3. The molecule has 6 heterocycles. The molecule has 0 saturated carbocycles. The zero-order chi connectivity index (χ0) is 43.0. The van der Waals surface area contributed by atoms with Gasteiger partial charge in [-0.1, -0.05) is 39.3 Å². The second-order valence-corrected chi connectivity index (χ2v) is 34.1. The fourth-order valence-electron chi connectivity index (χ4n) is 7.13. The summed E-state index contributed by atoms with van der Waals surface area (Å²) in [5.74, 6) is -1.06. The van der Waals surface area contributed by atoms with E-state index in [1.165, 1.54) is 50.5 Å². The molecule has 0 N–H and O–H groups in total. The van der Waals surface area contributed by atoms with Crippen molar-refractivity contribution in [3.63, 3.8) is 0 Å². The molecule has 6 aromatic heterocycles. The largest absolute Gasteiger partial charge is 0.462 e. The third-order valence-corrected chi connectivity index (χ3v) is 24.4. The summed E-state index contributed by atoms with van der Waals surface area (Å²) in [5, 5.41) is 0. The predicted molar refractivity (Wildman–Crippen MR) is 266 cm³/mol. The number of rotatable bonds is 12. The molecule has 8 rings (SSSR count). The van der Waals surface area contributed by atoms with Crippen molar-refractivity contribution in [1.82, 2.24) is 0 Å². The van der Waals surface area contributed by atoms with Gasteiger partial charge in [0.1, 0.15) is 0 Å². The van der Waals surface area contributed by atoms with Crippen molar-refractivity contribution in [2.75, 3.05) is 13.2 Å². The first-order valence-corrected chi connectivity index (χ1v) is 31.6. The van der Waals surface area contributed by atoms with Crippen molar-refractivity contribution in [3.05, 3.63) is 82.9 Å². The molecule has 0 spiro atoms. The Labute approximate surface area is 375 Å². The van der Waals surface area contributed by atoms with Crippen molar-refractivity contribution < 1.29 is 28.7 Å². The van der Waals surface area contributed by atoms with Crippen LogP contribution in [-0.4, -0.2) is 52.9 Å². The van der Waals surface area contributed by atoms with Crippen LogP contribution in [0.25, 0.3) is 70.0 Å². The number of carbonyl (C=O) groups is 4. The summed E-state index contributed by atoms with van der Waals surface area (Å²) in [7, 11) is -2.96. The summed E-state index contributed by atoms with van der Waals surface area (Å²) in [6.45, 7) is 21.2. The molecular weight excluding hydrogens is 897 g/mol. The minimum absolute atomic E-state index is 0.0850. The van der Waals surface area contributed by atoms with Gasteiger partial charge in [0, 0.05) is 81.1 Å². The van der Waals surface area contributed by atoms with Gasteiger partial charge in [0.2, 0.25) is 0 Å². The molecule has 0 amide bonds. The number of hydrogen-bond acceptors (Lipinski definition) is 12. The quantitative estimate of drug-likeness (QED) is 0.0689. The van der Waals surface area contributed by atoms with E-state index in [2.05, 4.69) is 63.5 Å². The topological polar surface area (TPSA) is 86.7 Å². The lowest BCUT2D eigenvalue weighted by molar-refractivity contribution is 0.0517. The van der Waals surface area contributed by atoms with Crippen molar-refractivity contribution >= 4 is 145 Å². The molecule has 0 saturated heterocycles. The van der Waals surface area contributed by atoms with Gasteiger partial charge in [0.25, 0.3) is 0 Å². The summed E-state index contributed by atoms with van der Waals surface area (Å²) >= 11 is 9.96. The predicted octanol–water partition coefficient (Wildman–Crippen LogP) is 14.0. The molecule has 0 atom stereocenters. The van der Waals surface area contributed by atoms with E-state index in [0.717, 1.165) is 34.5 Å². The number of thiophene rings is 6. The van der Waals surface area contributed by atoms with E-state index in [1.807, 2.05) is 59.1 Å². The van der Waals surface area contributed by atoms with Gasteiger partial charge in [0.15, 0.2) is 11.6 Å². The smallest absolute Gasteiger partial charge is 0.338 e. The Kier molecular flexibility index (Phi) is 11.5. The molecule has 0 aliphatic carbocycles. The average molecular weight is 941 g/mol. The van der Waals surface area contributed by atoms with Crippen molar-refractivity contribution in [1.29, 1.82) is 0 Å². The third kappa shape index (κ3) is 8.01.